The summed E-state index contributed by atoms with van der Waals surface area (Å²) in [4.78, 5) is 6.43. The Kier molecular flexibility index (Phi) is 3.40. The highest BCUT2D eigenvalue weighted by Crippen LogP contribution is 2.25. The van der Waals surface area contributed by atoms with E-state index in [-0.39, 0.29) is 10.7 Å². The summed E-state index contributed by atoms with van der Waals surface area (Å²) in [6.45, 7) is 1.65. The van der Waals surface area contributed by atoms with Crippen molar-refractivity contribution in [2.24, 2.45) is 0 Å². The Balaban J connectivity index is 2.33. The van der Waals surface area contributed by atoms with E-state index in [4.69, 9.17) is 0 Å². The van der Waals surface area contributed by atoms with Crippen molar-refractivity contribution in [1.82, 2.24) is 9.97 Å². The second-order valence-electron chi connectivity index (χ2n) is 3.56. The first-order valence-electron chi connectivity index (χ1n) is 4.88. The first-order chi connectivity index (χ1) is 8.38. The molecule has 0 radical (unpaired) electrons. The summed E-state index contributed by atoms with van der Waals surface area (Å²) in [5.41, 5.74) is 0.253. The number of halogens is 2. The first-order valence-corrected chi connectivity index (χ1v) is 7.15. The van der Waals surface area contributed by atoms with Gasteiger partial charge in [0.2, 0.25) is 0 Å². The van der Waals surface area contributed by atoms with Crippen molar-refractivity contribution >= 4 is 31.6 Å². The third-order valence-corrected chi connectivity index (χ3v) is 4.08. The van der Waals surface area contributed by atoms with Crippen LogP contribution < -0.4 is 4.72 Å². The van der Waals surface area contributed by atoms with Crippen molar-refractivity contribution in [3.63, 3.8) is 0 Å². The summed E-state index contributed by atoms with van der Waals surface area (Å²) in [6, 6.07) is 3.68. The molecule has 0 unspecified atom stereocenters. The average molecular weight is 334 g/mol. The average Bonchev–Trinajstić information content (AvgIpc) is 2.70. The lowest BCUT2D eigenvalue weighted by Crippen LogP contribution is -2.13. The molecule has 0 bridgehead atoms. The van der Waals surface area contributed by atoms with Crippen LogP contribution in [0.1, 0.15) is 5.82 Å². The summed E-state index contributed by atoms with van der Waals surface area (Å²) in [7, 11) is -3.75. The summed E-state index contributed by atoms with van der Waals surface area (Å²) in [6.07, 6.45) is 1.22. The Bertz CT molecular complexity index is 684. The number of rotatable bonds is 3. The van der Waals surface area contributed by atoms with E-state index in [2.05, 4.69) is 30.6 Å². The highest BCUT2D eigenvalue weighted by molar-refractivity contribution is 9.10. The molecule has 8 heteroatoms. The van der Waals surface area contributed by atoms with Crippen LogP contribution in [0.2, 0.25) is 0 Å². The molecule has 0 aliphatic carbocycles. The van der Waals surface area contributed by atoms with Crippen molar-refractivity contribution in [2.75, 3.05) is 4.72 Å². The van der Waals surface area contributed by atoms with Crippen molar-refractivity contribution in [1.29, 1.82) is 0 Å². The number of aromatic nitrogens is 2. The molecule has 0 saturated heterocycles. The molecular formula is C10H9BrFN3O2S. The molecule has 2 aromatic rings. The summed E-state index contributed by atoms with van der Waals surface area (Å²) >= 11 is 3.08. The van der Waals surface area contributed by atoms with Gasteiger partial charge in [-0.3, -0.25) is 4.72 Å². The zero-order valence-corrected chi connectivity index (χ0v) is 11.6. The van der Waals surface area contributed by atoms with E-state index >= 15 is 0 Å². The normalized spacial score (nSPS) is 11.5. The van der Waals surface area contributed by atoms with Crippen LogP contribution in [0.25, 0.3) is 0 Å². The van der Waals surface area contributed by atoms with Crippen LogP contribution in [-0.4, -0.2) is 18.4 Å². The molecule has 2 N–H and O–H groups in total. The van der Waals surface area contributed by atoms with Crippen LogP contribution in [0.5, 0.6) is 0 Å². The molecule has 0 saturated carbocycles. The molecule has 0 aliphatic rings. The summed E-state index contributed by atoms with van der Waals surface area (Å²) in [5, 5.41) is -0.0452. The number of imidazole rings is 1. The monoisotopic (exact) mass is 333 g/mol. The van der Waals surface area contributed by atoms with E-state index in [0.717, 1.165) is 0 Å². The van der Waals surface area contributed by atoms with Crippen LogP contribution in [0.15, 0.2) is 33.9 Å². The Morgan fingerprint density at radius 3 is 2.72 bits per heavy atom. The fourth-order valence-corrected chi connectivity index (χ4v) is 2.94. The number of nitrogens with zero attached hydrogens (tertiary/aromatic N) is 1. The van der Waals surface area contributed by atoms with Crippen molar-refractivity contribution < 1.29 is 12.8 Å². The fraction of sp³-hybridized carbons (Fsp3) is 0.100. The van der Waals surface area contributed by atoms with Gasteiger partial charge < -0.3 is 4.98 Å². The Morgan fingerprint density at radius 2 is 2.17 bits per heavy atom. The zero-order valence-electron chi connectivity index (χ0n) is 9.24. The van der Waals surface area contributed by atoms with E-state index in [0.29, 0.717) is 10.3 Å². The number of hydrogen-bond acceptors (Lipinski definition) is 3. The fourth-order valence-electron chi connectivity index (χ4n) is 1.31. The Labute approximate surface area is 112 Å². The maximum absolute atomic E-state index is 12.9. The van der Waals surface area contributed by atoms with Crippen LogP contribution >= 0.6 is 15.9 Å². The number of hydrogen-bond donors (Lipinski definition) is 2. The highest BCUT2D eigenvalue weighted by Gasteiger charge is 2.17. The minimum atomic E-state index is -3.75. The van der Waals surface area contributed by atoms with Gasteiger partial charge in [0.25, 0.3) is 10.0 Å². The minimum absolute atomic E-state index is 0.0452. The maximum atomic E-state index is 12.9. The third kappa shape index (κ3) is 2.70. The van der Waals surface area contributed by atoms with E-state index in [1.807, 2.05) is 0 Å². The molecule has 0 spiro atoms. The van der Waals surface area contributed by atoms with Gasteiger partial charge >= 0.3 is 0 Å². The van der Waals surface area contributed by atoms with E-state index < -0.39 is 15.8 Å². The smallest absolute Gasteiger partial charge is 0.279 e. The van der Waals surface area contributed by atoms with Gasteiger partial charge in [-0.25, -0.2) is 9.37 Å². The number of H-pyrrole nitrogens is 1. The van der Waals surface area contributed by atoms with Crippen molar-refractivity contribution in [3.8, 4) is 0 Å². The van der Waals surface area contributed by atoms with E-state index in [1.165, 1.54) is 24.4 Å². The number of aryl methyl sites for hydroxylation is 1. The largest absolute Gasteiger partial charge is 0.332 e. The van der Waals surface area contributed by atoms with Crippen LogP contribution in [0, 0.1) is 12.7 Å². The second kappa shape index (κ2) is 4.69. The molecule has 18 heavy (non-hydrogen) atoms. The molecule has 5 nitrogen and oxygen atoms in total. The van der Waals surface area contributed by atoms with Gasteiger partial charge in [0.15, 0.2) is 5.03 Å². The Hall–Kier alpha value is -1.41. The van der Waals surface area contributed by atoms with Gasteiger partial charge in [-0.15, -0.1) is 0 Å². The zero-order chi connectivity index (χ0) is 13.3. The quantitative estimate of drug-likeness (QED) is 0.905. The molecule has 0 atom stereocenters. The lowest BCUT2D eigenvalue weighted by Gasteiger charge is -2.08. The predicted molar refractivity (Wildman–Crippen MR) is 68.2 cm³/mol. The molecule has 1 aromatic carbocycles. The first kappa shape index (κ1) is 13.0. The Morgan fingerprint density at radius 1 is 1.44 bits per heavy atom. The van der Waals surface area contributed by atoms with Gasteiger partial charge in [-0.1, -0.05) is 0 Å². The highest BCUT2D eigenvalue weighted by atomic mass is 79.9. The number of benzene rings is 1. The maximum Gasteiger partial charge on any atom is 0.279 e. The third-order valence-electron chi connectivity index (χ3n) is 2.14. The molecule has 1 aromatic heterocycles. The van der Waals surface area contributed by atoms with E-state index in [9.17, 15) is 12.8 Å². The van der Waals surface area contributed by atoms with Crippen molar-refractivity contribution in [2.45, 2.75) is 11.9 Å². The molecule has 1 heterocycles. The molecular weight excluding hydrogens is 325 g/mol. The number of aromatic amines is 1. The van der Waals surface area contributed by atoms with Gasteiger partial charge in [0.1, 0.15) is 11.6 Å². The number of nitrogens with one attached hydrogen (secondary N) is 2. The van der Waals surface area contributed by atoms with Crippen LogP contribution in [-0.2, 0) is 10.0 Å². The molecule has 2 rings (SSSR count). The standard InChI is InChI=1S/C10H9BrFN3O2S/c1-6-13-5-10(14-6)18(16,17)15-9-3-2-7(12)4-8(9)11/h2-5,15H,1H3,(H,13,14). The lowest BCUT2D eigenvalue weighted by atomic mass is 10.3. The molecule has 96 valence electrons. The summed E-state index contributed by atoms with van der Waals surface area (Å²) < 4.78 is 39.4. The van der Waals surface area contributed by atoms with Gasteiger partial charge in [-0.2, -0.15) is 8.42 Å². The SMILES string of the molecule is Cc1ncc(S(=O)(=O)Nc2ccc(F)cc2Br)[nH]1. The molecule has 0 fully saturated rings. The number of sulfonamides is 1. The lowest BCUT2D eigenvalue weighted by molar-refractivity contribution is 0.598. The minimum Gasteiger partial charge on any atom is -0.332 e. The second-order valence-corrected chi connectivity index (χ2v) is 6.07. The van der Waals surface area contributed by atoms with Crippen LogP contribution in [0.4, 0.5) is 10.1 Å². The number of anilines is 1. The summed E-state index contributed by atoms with van der Waals surface area (Å²) in [5.74, 6) is 0.0377. The van der Waals surface area contributed by atoms with E-state index in [1.54, 1.807) is 6.92 Å². The van der Waals surface area contributed by atoms with Gasteiger partial charge in [0.05, 0.1) is 11.9 Å². The van der Waals surface area contributed by atoms with Gasteiger partial charge in [0, 0.05) is 4.47 Å². The van der Waals surface area contributed by atoms with Gasteiger partial charge in [-0.05, 0) is 41.1 Å². The van der Waals surface area contributed by atoms with Crippen LogP contribution in [0.3, 0.4) is 0 Å². The topological polar surface area (TPSA) is 74.8 Å². The molecule has 0 amide bonds. The van der Waals surface area contributed by atoms with Crippen molar-refractivity contribution in [3.05, 3.63) is 40.5 Å². The predicted octanol–water partition coefficient (Wildman–Crippen LogP) is 2.42. The molecule has 0 aliphatic heterocycles.